The van der Waals surface area contributed by atoms with E-state index in [-0.39, 0.29) is 5.15 Å². The van der Waals surface area contributed by atoms with Crippen molar-refractivity contribution in [2.24, 2.45) is 0 Å². The van der Waals surface area contributed by atoms with Crippen molar-refractivity contribution in [3.63, 3.8) is 0 Å². The van der Waals surface area contributed by atoms with Crippen LogP contribution in [0.5, 0.6) is 5.75 Å². The summed E-state index contributed by atoms with van der Waals surface area (Å²) in [4.78, 5) is 7.93. The lowest BCUT2D eigenvalue weighted by Gasteiger charge is -2.12. The average molecular weight is 284 g/mol. The number of benzene rings is 1. The molecule has 0 aliphatic carbocycles. The highest BCUT2D eigenvalue weighted by molar-refractivity contribution is 6.34. The largest absolute Gasteiger partial charge is 0.490 e. The zero-order chi connectivity index (χ0) is 13.1. The predicted molar refractivity (Wildman–Crippen MR) is 73.1 cm³/mol. The number of aromatic nitrogens is 2. The monoisotopic (exact) mass is 283 g/mol. The van der Waals surface area contributed by atoms with Gasteiger partial charge in [0, 0.05) is 0 Å². The molecule has 94 valence electrons. The first-order valence-electron chi connectivity index (χ1n) is 5.20. The number of hydrogen-bond donors (Lipinski definition) is 1. The molecule has 0 saturated carbocycles. The lowest BCUT2D eigenvalue weighted by atomic mass is 10.2. The molecule has 0 bridgehead atoms. The Kier molecular flexibility index (Phi) is 3.89. The number of nitrogens with one attached hydrogen (secondary N) is 1. The number of nitrogens with zero attached hydrogens (tertiary/aromatic N) is 2. The van der Waals surface area contributed by atoms with Gasteiger partial charge in [0.2, 0.25) is 0 Å². The van der Waals surface area contributed by atoms with E-state index in [1.165, 1.54) is 13.4 Å². The Balaban J connectivity index is 2.40. The fourth-order valence-electron chi connectivity index (χ4n) is 1.49. The molecular formula is C12H11Cl2N3O. The topological polar surface area (TPSA) is 47.0 Å². The molecule has 2 rings (SSSR count). The van der Waals surface area contributed by atoms with Gasteiger partial charge in [-0.15, -0.1) is 0 Å². The van der Waals surface area contributed by atoms with Crippen molar-refractivity contribution in [3.05, 3.63) is 40.3 Å². The van der Waals surface area contributed by atoms with Gasteiger partial charge in [-0.2, -0.15) is 0 Å². The molecule has 0 aliphatic heterocycles. The lowest BCUT2D eigenvalue weighted by Crippen LogP contribution is -2.00. The van der Waals surface area contributed by atoms with Crippen LogP contribution in [0.15, 0.2) is 24.5 Å². The normalized spacial score (nSPS) is 10.2. The summed E-state index contributed by atoms with van der Waals surface area (Å²) in [6.07, 6.45) is 1.36. The minimum atomic E-state index is 0.249. The van der Waals surface area contributed by atoms with Gasteiger partial charge in [-0.3, -0.25) is 0 Å². The van der Waals surface area contributed by atoms with E-state index in [1.54, 1.807) is 0 Å². The zero-order valence-corrected chi connectivity index (χ0v) is 11.4. The Hall–Kier alpha value is -1.52. The van der Waals surface area contributed by atoms with Crippen molar-refractivity contribution >= 4 is 34.7 Å². The maximum absolute atomic E-state index is 6.20. The number of aryl methyl sites for hydroxylation is 1. The minimum absolute atomic E-state index is 0.249. The van der Waals surface area contributed by atoms with Crippen LogP contribution in [-0.2, 0) is 0 Å². The molecule has 0 atom stereocenters. The van der Waals surface area contributed by atoms with Gasteiger partial charge >= 0.3 is 0 Å². The molecule has 2 aromatic rings. The van der Waals surface area contributed by atoms with Gasteiger partial charge in [0.1, 0.15) is 6.33 Å². The number of halogens is 2. The van der Waals surface area contributed by atoms with Crippen molar-refractivity contribution < 1.29 is 4.74 Å². The highest BCUT2D eigenvalue weighted by Gasteiger charge is 2.12. The van der Waals surface area contributed by atoms with Gasteiger partial charge in [-0.25, -0.2) is 9.97 Å². The number of ether oxygens (including phenoxy) is 1. The van der Waals surface area contributed by atoms with Crippen LogP contribution < -0.4 is 10.1 Å². The maximum Gasteiger partial charge on any atom is 0.199 e. The Bertz CT molecular complexity index is 575. The van der Waals surface area contributed by atoms with Crippen LogP contribution >= 0.6 is 23.2 Å². The van der Waals surface area contributed by atoms with Gasteiger partial charge in [0.05, 0.1) is 17.8 Å². The minimum Gasteiger partial charge on any atom is -0.490 e. The molecule has 0 fully saturated rings. The van der Waals surface area contributed by atoms with Crippen LogP contribution in [0, 0.1) is 6.92 Å². The zero-order valence-electron chi connectivity index (χ0n) is 9.87. The van der Waals surface area contributed by atoms with Crippen molar-refractivity contribution in [2.75, 3.05) is 12.4 Å². The van der Waals surface area contributed by atoms with E-state index < -0.39 is 0 Å². The second-order valence-corrected chi connectivity index (χ2v) is 4.34. The van der Waals surface area contributed by atoms with Gasteiger partial charge in [0.25, 0.3) is 0 Å². The second-order valence-electron chi connectivity index (χ2n) is 3.61. The SMILES string of the molecule is COc1c(Cl)ncnc1Nc1cccc(C)c1Cl. The first-order chi connectivity index (χ1) is 8.63. The van der Waals surface area contributed by atoms with Crippen LogP contribution in [0.25, 0.3) is 0 Å². The lowest BCUT2D eigenvalue weighted by molar-refractivity contribution is 0.413. The van der Waals surface area contributed by atoms with E-state index in [2.05, 4.69) is 15.3 Å². The summed E-state index contributed by atoms with van der Waals surface area (Å²) in [5.74, 6) is 0.863. The first-order valence-corrected chi connectivity index (χ1v) is 5.95. The third-order valence-electron chi connectivity index (χ3n) is 2.41. The number of rotatable bonds is 3. The first kappa shape index (κ1) is 12.9. The molecule has 1 N–H and O–H groups in total. The average Bonchev–Trinajstić information content (AvgIpc) is 2.35. The van der Waals surface area contributed by atoms with Crippen molar-refractivity contribution in [1.82, 2.24) is 9.97 Å². The molecule has 0 spiro atoms. The summed E-state index contributed by atoms with van der Waals surface area (Å²) in [5.41, 5.74) is 1.71. The molecule has 0 unspecified atom stereocenters. The number of hydrogen-bond acceptors (Lipinski definition) is 4. The third kappa shape index (κ3) is 2.49. The van der Waals surface area contributed by atoms with Crippen molar-refractivity contribution in [2.45, 2.75) is 6.92 Å². The molecule has 4 nitrogen and oxygen atoms in total. The van der Waals surface area contributed by atoms with E-state index in [0.29, 0.717) is 16.6 Å². The van der Waals surface area contributed by atoms with Gasteiger partial charge in [0.15, 0.2) is 16.7 Å². The molecule has 18 heavy (non-hydrogen) atoms. The summed E-state index contributed by atoms with van der Waals surface area (Å²) < 4.78 is 5.16. The van der Waals surface area contributed by atoms with Crippen molar-refractivity contribution in [1.29, 1.82) is 0 Å². The molecule has 1 heterocycles. The summed E-state index contributed by atoms with van der Waals surface area (Å²) in [7, 11) is 1.51. The fraction of sp³-hybridized carbons (Fsp3) is 0.167. The summed E-state index contributed by atoms with van der Waals surface area (Å²) in [5, 5.41) is 3.96. The molecule has 1 aromatic heterocycles. The number of anilines is 2. The summed E-state index contributed by atoms with van der Waals surface area (Å²) in [6.45, 7) is 1.93. The van der Waals surface area contributed by atoms with Gasteiger partial charge in [-0.05, 0) is 18.6 Å². The molecule has 0 radical (unpaired) electrons. The molecule has 0 aliphatic rings. The molecule has 1 aromatic carbocycles. The standard InChI is InChI=1S/C12H11Cl2N3O/c1-7-4-3-5-8(9(7)13)17-12-10(18-2)11(14)15-6-16-12/h3-6H,1-2H3,(H,15,16,17). The molecule has 6 heteroatoms. The van der Waals surface area contributed by atoms with Gasteiger partial charge < -0.3 is 10.1 Å². The second kappa shape index (κ2) is 5.42. The quantitative estimate of drug-likeness (QED) is 0.870. The van der Waals surface area contributed by atoms with E-state index in [0.717, 1.165) is 11.3 Å². The van der Waals surface area contributed by atoms with Crippen LogP contribution in [0.2, 0.25) is 10.2 Å². The number of methoxy groups -OCH3 is 1. The summed E-state index contributed by atoms with van der Waals surface area (Å²) in [6, 6.07) is 5.68. The Morgan fingerprint density at radius 2 is 2.00 bits per heavy atom. The van der Waals surface area contributed by atoms with E-state index in [9.17, 15) is 0 Å². The Labute approximate surface area is 115 Å². The Morgan fingerprint density at radius 3 is 2.72 bits per heavy atom. The fourth-order valence-corrected chi connectivity index (χ4v) is 1.88. The smallest absolute Gasteiger partial charge is 0.199 e. The van der Waals surface area contributed by atoms with Crippen LogP contribution in [0.1, 0.15) is 5.56 Å². The molecule has 0 amide bonds. The highest BCUT2D eigenvalue weighted by atomic mass is 35.5. The van der Waals surface area contributed by atoms with E-state index in [1.807, 2.05) is 25.1 Å². The Morgan fingerprint density at radius 1 is 1.22 bits per heavy atom. The van der Waals surface area contributed by atoms with Crippen LogP contribution in [-0.4, -0.2) is 17.1 Å². The van der Waals surface area contributed by atoms with E-state index in [4.69, 9.17) is 27.9 Å². The molecular weight excluding hydrogens is 273 g/mol. The van der Waals surface area contributed by atoms with Crippen LogP contribution in [0.3, 0.4) is 0 Å². The van der Waals surface area contributed by atoms with E-state index >= 15 is 0 Å². The van der Waals surface area contributed by atoms with Gasteiger partial charge in [-0.1, -0.05) is 35.3 Å². The third-order valence-corrected chi connectivity index (χ3v) is 3.18. The van der Waals surface area contributed by atoms with Crippen LogP contribution in [0.4, 0.5) is 11.5 Å². The predicted octanol–water partition coefficient (Wildman–Crippen LogP) is 3.84. The molecule has 0 saturated heterocycles. The summed E-state index contributed by atoms with van der Waals surface area (Å²) >= 11 is 12.1. The maximum atomic E-state index is 6.20. The highest BCUT2D eigenvalue weighted by Crippen LogP contribution is 2.33. The van der Waals surface area contributed by atoms with Crippen molar-refractivity contribution in [3.8, 4) is 5.75 Å².